The van der Waals surface area contributed by atoms with Gasteiger partial charge in [-0.3, -0.25) is 4.79 Å². The van der Waals surface area contributed by atoms with Crippen molar-refractivity contribution in [3.63, 3.8) is 0 Å². The second kappa shape index (κ2) is 11.3. The van der Waals surface area contributed by atoms with Gasteiger partial charge in [0.1, 0.15) is 5.65 Å². The summed E-state index contributed by atoms with van der Waals surface area (Å²) in [6.07, 6.45) is 6.70. The van der Waals surface area contributed by atoms with E-state index in [1.54, 1.807) is 0 Å². The molecular weight excluding hydrogens is 335 g/mol. The number of unbranched alkanes of at least 4 members (excludes halogenated alkanes) is 3. The van der Waals surface area contributed by atoms with E-state index in [1.165, 1.54) is 0 Å². The van der Waals surface area contributed by atoms with Gasteiger partial charge in [0.2, 0.25) is 5.91 Å². The van der Waals surface area contributed by atoms with Crippen molar-refractivity contribution in [1.82, 2.24) is 14.7 Å². The third-order valence-electron chi connectivity index (χ3n) is 3.57. The standard InChI is InChI=1S/C16H24N4O.2ClH/c1-13-7-6-8-15-19-14(12-20(13)15)11-18-16(21)9-4-2-3-5-10-17;;/h6-8,12H,2-5,9-11,17H2,1H3,(H,18,21);2*1H. The molecule has 2 rings (SSSR count). The number of carbonyl (C=O) groups excluding carboxylic acids is 1. The van der Waals surface area contributed by atoms with Crippen LogP contribution in [0.4, 0.5) is 0 Å². The molecule has 0 bridgehead atoms. The molecule has 2 aromatic heterocycles. The summed E-state index contributed by atoms with van der Waals surface area (Å²) in [4.78, 5) is 16.3. The minimum atomic E-state index is 0. The van der Waals surface area contributed by atoms with Crippen molar-refractivity contribution in [2.75, 3.05) is 6.54 Å². The molecule has 5 nitrogen and oxygen atoms in total. The van der Waals surface area contributed by atoms with Gasteiger partial charge in [-0.05, 0) is 38.4 Å². The van der Waals surface area contributed by atoms with Crippen LogP contribution in [0.25, 0.3) is 5.65 Å². The van der Waals surface area contributed by atoms with E-state index in [0.717, 1.165) is 49.3 Å². The van der Waals surface area contributed by atoms with E-state index < -0.39 is 0 Å². The predicted molar refractivity (Wildman–Crippen MR) is 98.4 cm³/mol. The highest BCUT2D eigenvalue weighted by molar-refractivity contribution is 5.85. The lowest BCUT2D eigenvalue weighted by Crippen LogP contribution is -2.22. The largest absolute Gasteiger partial charge is 0.350 e. The zero-order valence-corrected chi connectivity index (χ0v) is 15.1. The molecule has 23 heavy (non-hydrogen) atoms. The van der Waals surface area contributed by atoms with Gasteiger partial charge >= 0.3 is 0 Å². The summed E-state index contributed by atoms with van der Waals surface area (Å²) in [5.74, 6) is 0.0940. The Morgan fingerprint density at radius 3 is 2.65 bits per heavy atom. The van der Waals surface area contributed by atoms with Gasteiger partial charge in [-0.2, -0.15) is 0 Å². The molecule has 3 N–H and O–H groups in total. The first kappa shape index (κ1) is 21.7. The van der Waals surface area contributed by atoms with Crippen LogP contribution in [-0.4, -0.2) is 21.8 Å². The summed E-state index contributed by atoms with van der Waals surface area (Å²) < 4.78 is 2.04. The number of nitrogens with two attached hydrogens (primary N) is 1. The quantitative estimate of drug-likeness (QED) is 0.710. The summed E-state index contributed by atoms with van der Waals surface area (Å²) in [6.45, 7) is 3.26. The molecule has 0 aromatic carbocycles. The van der Waals surface area contributed by atoms with E-state index >= 15 is 0 Å². The fourth-order valence-corrected chi connectivity index (χ4v) is 2.34. The van der Waals surface area contributed by atoms with Gasteiger partial charge in [0.05, 0.1) is 12.2 Å². The number of hydrogen-bond acceptors (Lipinski definition) is 3. The Hall–Kier alpha value is -1.30. The number of aryl methyl sites for hydroxylation is 1. The zero-order chi connectivity index (χ0) is 15.1. The van der Waals surface area contributed by atoms with Crippen LogP contribution >= 0.6 is 24.8 Å². The Labute approximate surface area is 149 Å². The molecule has 0 spiro atoms. The molecule has 0 aliphatic rings. The van der Waals surface area contributed by atoms with Gasteiger partial charge in [-0.1, -0.05) is 18.9 Å². The maximum absolute atomic E-state index is 11.8. The lowest BCUT2D eigenvalue weighted by molar-refractivity contribution is -0.121. The van der Waals surface area contributed by atoms with E-state index in [2.05, 4.69) is 10.3 Å². The van der Waals surface area contributed by atoms with E-state index in [9.17, 15) is 4.79 Å². The van der Waals surface area contributed by atoms with E-state index in [1.807, 2.05) is 35.7 Å². The number of nitrogens with one attached hydrogen (secondary N) is 1. The number of hydrogen-bond donors (Lipinski definition) is 2. The molecule has 2 heterocycles. The molecule has 0 radical (unpaired) electrons. The zero-order valence-electron chi connectivity index (χ0n) is 13.5. The van der Waals surface area contributed by atoms with Gasteiger partial charge in [0.25, 0.3) is 0 Å². The van der Waals surface area contributed by atoms with Crippen LogP contribution < -0.4 is 11.1 Å². The fourth-order valence-electron chi connectivity index (χ4n) is 2.34. The molecule has 0 fully saturated rings. The fraction of sp³-hybridized carbons (Fsp3) is 0.500. The number of imidazole rings is 1. The summed E-state index contributed by atoms with van der Waals surface area (Å²) in [6, 6.07) is 6.00. The lowest BCUT2D eigenvalue weighted by Gasteiger charge is -2.03. The summed E-state index contributed by atoms with van der Waals surface area (Å²) in [5, 5.41) is 2.93. The van der Waals surface area contributed by atoms with Crippen LogP contribution in [0.2, 0.25) is 0 Å². The maximum Gasteiger partial charge on any atom is 0.220 e. The van der Waals surface area contributed by atoms with Crippen molar-refractivity contribution < 1.29 is 4.79 Å². The number of amides is 1. The Kier molecular flexibility index (Phi) is 10.6. The third-order valence-corrected chi connectivity index (χ3v) is 3.57. The van der Waals surface area contributed by atoms with Gasteiger partial charge < -0.3 is 15.5 Å². The summed E-state index contributed by atoms with van der Waals surface area (Å²) >= 11 is 0. The van der Waals surface area contributed by atoms with Crippen LogP contribution in [-0.2, 0) is 11.3 Å². The van der Waals surface area contributed by atoms with Crippen molar-refractivity contribution >= 4 is 36.4 Å². The van der Waals surface area contributed by atoms with Gasteiger partial charge in [0, 0.05) is 18.3 Å². The molecule has 2 aromatic rings. The lowest BCUT2D eigenvalue weighted by atomic mass is 10.1. The molecular formula is C16H26Cl2N4O. The van der Waals surface area contributed by atoms with Crippen molar-refractivity contribution in [1.29, 1.82) is 0 Å². The SMILES string of the molecule is Cc1cccc2nc(CNC(=O)CCCCCCN)cn12.Cl.Cl. The first-order valence-electron chi connectivity index (χ1n) is 7.61. The highest BCUT2D eigenvalue weighted by atomic mass is 35.5. The first-order valence-corrected chi connectivity index (χ1v) is 7.61. The van der Waals surface area contributed by atoms with Crippen molar-refractivity contribution in [3.05, 3.63) is 35.8 Å². The van der Waals surface area contributed by atoms with Crippen LogP contribution in [0, 0.1) is 6.92 Å². The molecule has 0 aliphatic carbocycles. The topological polar surface area (TPSA) is 72.4 Å². The molecule has 0 saturated heterocycles. The average Bonchev–Trinajstić information content (AvgIpc) is 2.89. The normalized spacial score (nSPS) is 10.0. The van der Waals surface area contributed by atoms with Gasteiger partial charge in [0.15, 0.2) is 0 Å². The van der Waals surface area contributed by atoms with E-state index in [0.29, 0.717) is 13.0 Å². The van der Waals surface area contributed by atoms with Crippen LogP contribution in [0.1, 0.15) is 43.5 Å². The smallest absolute Gasteiger partial charge is 0.220 e. The highest BCUT2D eigenvalue weighted by Gasteiger charge is 2.05. The maximum atomic E-state index is 11.8. The van der Waals surface area contributed by atoms with Gasteiger partial charge in [-0.25, -0.2) is 4.98 Å². The summed E-state index contributed by atoms with van der Waals surface area (Å²) in [7, 11) is 0. The van der Waals surface area contributed by atoms with Crippen molar-refractivity contribution in [2.45, 2.75) is 45.6 Å². The Morgan fingerprint density at radius 1 is 1.22 bits per heavy atom. The van der Waals surface area contributed by atoms with E-state index in [4.69, 9.17) is 5.73 Å². The number of rotatable bonds is 8. The number of aromatic nitrogens is 2. The number of nitrogens with zero attached hydrogens (tertiary/aromatic N) is 2. The number of carbonyl (C=O) groups is 1. The molecule has 0 atom stereocenters. The van der Waals surface area contributed by atoms with Crippen LogP contribution in [0.3, 0.4) is 0 Å². The molecule has 0 unspecified atom stereocenters. The minimum Gasteiger partial charge on any atom is -0.350 e. The second-order valence-electron chi connectivity index (χ2n) is 5.36. The molecule has 1 amide bonds. The minimum absolute atomic E-state index is 0. The van der Waals surface area contributed by atoms with E-state index in [-0.39, 0.29) is 30.7 Å². The Balaban J connectivity index is 0.00000242. The molecule has 0 aliphatic heterocycles. The number of halogens is 2. The second-order valence-corrected chi connectivity index (χ2v) is 5.36. The molecule has 7 heteroatoms. The predicted octanol–water partition coefficient (Wildman–Crippen LogP) is 3.01. The molecule has 130 valence electrons. The Morgan fingerprint density at radius 2 is 1.96 bits per heavy atom. The first-order chi connectivity index (χ1) is 10.2. The van der Waals surface area contributed by atoms with Crippen LogP contribution in [0.5, 0.6) is 0 Å². The average molecular weight is 361 g/mol. The third kappa shape index (κ3) is 6.77. The van der Waals surface area contributed by atoms with Gasteiger partial charge in [-0.15, -0.1) is 24.8 Å². The number of pyridine rings is 1. The monoisotopic (exact) mass is 360 g/mol. The Bertz CT molecular complexity index is 601. The van der Waals surface area contributed by atoms with Crippen LogP contribution in [0.15, 0.2) is 24.4 Å². The number of fused-ring (bicyclic) bond motifs is 1. The molecule has 0 saturated carbocycles. The highest BCUT2D eigenvalue weighted by Crippen LogP contribution is 2.08. The summed E-state index contributed by atoms with van der Waals surface area (Å²) in [5.41, 5.74) is 8.38. The van der Waals surface area contributed by atoms with Crippen molar-refractivity contribution in [3.8, 4) is 0 Å². The van der Waals surface area contributed by atoms with Crippen molar-refractivity contribution in [2.24, 2.45) is 5.73 Å².